The SMILES string of the molecule is COc1cc(C(C)(C)C)nc(C(C)C)n1. The molecule has 3 heteroatoms. The van der Waals surface area contributed by atoms with Crippen molar-refractivity contribution in [1.29, 1.82) is 0 Å². The van der Waals surface area contributed by atoms with Crippen LogP contribution in [-0.2, 0) is 5.41 Å². The van der Waals surface area contributed by atoms with Gasteiger partial charge >= 0.3 is 0 Å². The van der Waals surface area contributed by atoms with Gasteiger partial charge in [0.15, 0.2) is 0 Å². The van der Waals surface area contributed by atoms with Crippen LogP contribution in [0.5, 0.6) is 5.88 Å². The average Bonchev–Trinajstić information content (AvgIpc) is 2.15. The molecule has 0 aliphatic rings. The number of aromatic nitrogens is 2. The van der Waals surface area contributed by atoms with Crippen LogP contribution in [0.4, 0.5) is 0 Å². The van der Waals surface area contributed by atoms with Gasteiger partial charge in [0.1, 0.15) is 5.82 Å². The Morgan fingerprint density at radius 3 is 2.20 bits per heavy atom. The summed E-state index contributed by atoms with van der Waals surface area (Å²) in [5, 5.41) is 0. The highest BCUT2D eigenvalue weighted by molar-refractivity contribution is 5.22. The van der Waals surface area contributed by atoms with Crippen molar-refractivity contribution in [1.82, 2.24) is 9.97 Å². The average molecular weight is 208 g/mol. The lowest BCUT2D eigenvalue weighted by Gasteiger charge is -2.19. The monoisotopic (exact) mass is 208 g/mol. The molecule has 84 valence electrons. The van der Waals surface area contributed by atoms with Crippen LogP contribution < -0.4 is 4.74 Å². The Bertz CT molecular complexity index is 340. The third-order valence-corrected chi connectivity index (χ3v) is 2.21. The van der Waals surface area contributed by atoms with Gasteiger partial charge in [0.25, 0.3) is 0 Å². The first-order chi connectivity index (χ1) is 6.84. The highest BCUT2D eigenvalue weighted by Crippen LogP contribution is 2.24. The lowest BCUT2D eigenvalue weighted by Crippen LogP contribution is -2.16. The smallest absolute Gasteiger partial charge is 0.216 e. The van der Waals surface area contributed by atoms with Gasteiger partial charge in [-0.25, -0.2) is 4.98 Å². The van der Waals surface area contributed by atoms with Gasteiger partial charge in [-0.1, -0.05) is 34.6 Å². The first-order valence-corrected chi connectivity index (χ1v) is 5.28. The minimum Gasteiger partial charge on any atom is -0.481 e. The Hall–Kier alpha value is -1.12. The summed E-state index contributed by atoms with van der Waals surface area (Å²) in [6.45, 7) is 10.6. The molecule has 0 amide bonds. The predicted molar refractivity (Wildman–Crippen MR) is 61.4 cm³/mol. The molecular weight excluding hydrogens is 188 g/mol. The van der Waals surface area contributed by atoms with E-state index in [1.165, 1.54) is 0 Å². The Kier molecular flexibility index (Phi) is 3.32. The lowest BCUT2D eigenvalue weighted by atomic mass is 9.92. The van der Waals surface area contributed by atoms with Crippen LogP contribution in [0.15, 0.2) is 6.07 Å². The fourth-order valence-corrected chi connectivity index (χ4v) is 1.19. The zero-order chi connectivity index (χ0) is 11.6. The van der Waals surface area contributed by atoms with E-state index >= 15 is 0 Å². The van der Waals surface area contributed by atoms with Crippen molar-refractivity contribution >= 4 is 0 Å². The number of rotatable bonds is 2. The number of hydrogen-bond donors (Lipinski definition) is 0. The van der Waals surface area contributed by atoms with Crippen molar-refractivity contribution < 1.29 is 4.74 Å². The molecule has 0 aromatic carbocycles. The molecule has 1 rings (SSSR count). The number of nitrogens with zero attached hydrogens (tertiary/aromatic N) is 2. The molecule has 0 spiro atoms. The molecule has 0 radical (unpaired) electrons. The van der Waals surface area contributed by atoms with E-state index < -0.39 is 0 Å². The van der Waals surface area contributed by atoms with E-state index in [2.05, 4.69) is 44.6 Å². The summed E-state index contributed by atoms with van der Waals surface area (Å²) < 4.78 is 5.19. The molecule has 0 aliphatic carbocycles. The number of methoxy groups -OCH3 is 1. The molecule has 3 nitrogen and oxygen atoms in total. The zero-order valence-corrected chi connectivity index (χ0v) is 10.5. The molecule has 0 N–H and O–H groups in total. The van der Waals surface area contributed by atoms with Crippen LogP contribution in [0.2, 0.25) is 0 Å². The molecule has 0 atom stereocenters. The van der Waals surface area contributed by atoms with Gasteiger partial charge in [-0.3, -0.25) is 0 Å². The van der Waals surface area contributed by atoms with Gasteiger partial charge in [-0.15, -0.1) is 0 Å². The van der Waals surface area contributed by atoms with Crippen LogP contribution in [0, 0.1) is 0 Å². The molecule has 0 unspecified atom stereocenters. The summed E-state index contributed by atoms with van der Waals surface area (Å²) in [7, 11) is 1.64. The molecule has 0 aliphatic heterocycles. The lowest BCUT2D eigenvalue weighted by molar-refractivity contribution is 0.389. The summed E-state index contributed by atoms with van der Waals surface area (Å²) >= 11 is 0. The van der Waals surface area contributed by atoms with Crippen LogP contribution in [-0.4, -0.2) is 17.1 Å². The van der Waals surface area contributed by atoms with Gasteiger partial charge in [0.05, 0.1) is 12.8 Å². The predicted octanol–water partition coefficient (Wildman–Crippen LogP) is 2.91. The first-order valence-electron chi connectivity index (χ1n) is 5.28. The first kappa shape index (κ1) is 12.0. The van der Waals surface area contributed by atoms with Crippen molar-refractivity contribution in [3.8, 4) is 5.88 Å². The van der Waals surface area contributed by atoms with Gasteiger partial charge in [0.2, 0.25) is 5.88 Å². The Morgan fingerprint density at radius 2 is 1.80 bits per heavy atom. The van der Waals surface area contributed by atoms with E-state index in [1.807, 2.05) is 6.07 Å². The van der Waals surface area contributed by atoms with E-state index in [0.717, 1.165) is 11.5 Å². The molecule has 1 aromatic rings. The normalized spacial score (nSPS) is 11.9. The highest BCUT2D eigenvalue weighted by Gasteiger charge is 2.19. The van der Waals surface area contributed by atoms with Crippen LogP contribution in [0.25, 0.3) is 0 Å². The quantitative estimate of drug-likeness (QED) is 0.749. The maximum absolute atomic E-state index is 5.19. The molecule has 0 fully saturated rings. The zero-order valence-electron chi connectivity index (χ0n) is 10.5. The van der Waals surface area contributed by atoms with Gasteiger partial charge in [-0.05, 0) is 0 Å². The van der Waals surface area contributed by atoms with Crippen molar-refractivity contribution in [2.45, 2.75) is 46.0 Å². The molecule has 1 heterocycles. The van der Waals surface area contributed by atoms with Crippen LogP contribution in [0.3, 0.4) is 0 Å². The minimum absolute atomic E-state index is 0.0276. The Labute approximate surface area is 91.9 Å². The second-order valence-electron chi connectivity index (χ2n) is 5.06. The number of ether oxygens (including phenoxy) is 1. The maximum atomic E-state index is 5.19. The third kappa shape index (κ3) is 2.91. The largest absolute Gasteiger partial charge is 0.481 e. The minimum atomic E-state index is 0.0276. The topological polar surface area (TPSA) is 35.0 Å². The molecule has 0 bridgehead atoms. The molecule has 15 heavy (non-hydrogen) atoms. The molecular formula is C12H20N2O. The molecule has 0 saturated heterocycles. The number of hydrogen-bond acceptors (Lipinski definition) is 3. The van der Waals surface area contributed by atoms with Crippen LogP contribution >= 0.6 is 0 Å². The highest BCUT2D eigenvalue weighted by atomic mass is 16.5. The Balaban J connectivity index is 3.23. The summed E-state index contributed by atoms with van der Waals surface area (Å²) in [4.78, 5) is 8.89. The second-order valence-corrected chi connectivity index (χ2v) is 5.06. The second kappa shape index (κ2) is 4.17. The van der Waals surface area contributed by atoms with E-state index in [9.17, 15) is 0 Å². The summed E-state index contributed by atoms with van der Waals surface area (Å²) in [6.07, 6.45) is 0. The van der Waals surface area contributed by atoms with Crippen molar-refractivity contribution in [2.24, 2.45) is 0 Å². The van der Waals surface area contributed by atoms with Gasteiger partial charge in [0, 0.05) is 17.4 Å². The molecule has 0 saturated carbocycles. The van der Waals surface area contributed by atoms with Crippen molar-refractivity contribution in [2.75, 3.05) is 7.11 Å². The van der Waals surface area contributed by atoms with E-state index in [4.69, 9.17) is 4.74 Å². The molecule has 1 aromatic heterocycles. The third-order valence-electron chi connectivity index (χ3n) is 2.21. The summed E-state index contributed by atoms with van der Waals surface area (Å²) in [5.74, 6) is 1.82. The van der Waals surface area contributed by atoms with Crippen molar-refractivity contribution in [3.05, 3.63) is 17.6 Å². The van der Waals surface area contributed by atoms with Crippen LogP contribution in [0.1, 0.15) is 52.1 Å². The van der Waals surface area contributed by atoms with Crippen molar-refractivity contribution in [3.63, 3.8) is 0 Å². The fourth-order valence-electron chi connectivity index (χ4n) is 1.19. The standard InChI is InChI=1S/C12H20N2O/c1-8(2)11-13-9(12(3,4)5)7-10(14-11)15-6/h7-8H,1-6H3. The van der Waals surface area contributed by atoms with E-state index in [0.29, 0.717) is 11.8 Å². The van der Waals surface area contributed by atoms with E-state index in [1.54, 1.807) is 7.11 Å². The van der Waals surface area contributed by atoms with E-state index in [-0.39, 0.29) is 5.41 Å². The maximum Gasteiger partial charge on any atom is 0.216 e. The summed E-state index contributed by atoms with van der Waals surface area (Å²) in [6, 6.07) is 1.91. The fraction of sp³-hybridized carbons (Fsp3) is 0.667. The van der Waals surface area contributed by atoms with Gasteiger partial charge < -0.3 is 4.74 Å². The summed E-state index contributed by atoms with van der Waals surface area (Å²) in [5.41, 5.74) is 1.05. The Morgan fingerprint density at radius 1 is 1.20 bits per heavy atom. The van der Waals surface area contributed by atoms with Gasteiger partial charge in [-0.2, -0.15) is 4.98 Å².